The molecule has 0 saturated heterocycles. The fraction of sp³-hybridized carbons (Fsp3) is 0.364. The zero-order valence-corrected chi connectivity index (χ0v) is 17.2. The molecule has 0 bridgehead atoms. The van der Waals surface area contributed by atoms with E-state index >= 15 is 0 Å². The summed E-state index contributed by atoms with van der Waals surface area (Å²) in [7, 11) is 0. The second-order valence-corrected chi connectivity index (χ2v) is 8.27. The highest BCUT2D eigenvalue weighted by molar-refractivity contribution is 5.50. The van der Waals surface area contributed by atoms with Crippen LogP contribution in [0.2, 0.25) is 0 Å². The minimum Gasteiger partial charge on any atom is -0.324 e. The van der Waals surface area contributed by atoms with Gasteiger partial charge in [0.25, 0.3) is 0 Å². The van der Waals surface area contributed by atoms with Gasteiger partial charge in [0.15, 0.2) is 11.5 Å². The Kier molecular flexibility index (Phi) is 4.90. The standard InChI is InChI=1S/C22H25FN6/c1-5-7-15-12-20-26-18(22(2,3)4)14-29(20)27-17(15)13-28-11-10-24-21(28)16-8-6-9-19(23)25-16/h6,8-12,14H,5,7,13H2,1-4H3. The second-order valence-electron chi connectivity index (χ2n) is 8.27. The molecule has 0 spiro atoms. The summed E-state index contributed by atoms with van der Waals surface area (Å²) in [6.45, 7) is 9.12. The first kappa shape index (κ1) is 19.2. The van der Waals surface area contributed by atoms with Crippen molar-refractivity contribution in [3.8, 4) is 11.5 Å². The maximum absolute atomic E-state index is 13.6. The van der Waals surface area contributed by atoms with Crippen molar-refractivity contribution in [3.63, 3.8) is 0 Å². The number of nitrogens with zero attached hydrogens (tertiary/aromatic N) is 6. The smallest absolute Gasteiger partial charge is 0.213 e. The molecular weight excluding hydrogens is 367 g/mol. The van der Waals surface area contributed by atoms with Crippen molar-refractivity contribution < 1.29 is 4.39 Å². The molecule has 29 heavy (non-hydrogen) atoms. The molecule has 0 aliphatic rings. The van der Waals surface area contributed by atoms with Gasteiger partial charge in [0.05, 0.1) is 24.1 Å². The van der Waals surface area contributed by atoms with Gasteiger partial charge in [-0.2, -0.15) is 9.49 Å². The fourth-order valence-corrected chi connectivity index (χ4v) is 3.34. The largest absolute Gasteiger partial charge is 0.324 e. The van der Waals surface area contributed by atoms with Crippen LogP contribution in [0, 0.1) is 5.95 Å². The Morgan fingerprint density at radius 2 is 1.97 bits per heavy atom. The fourth-order valence-electron chi connectivity index (χ4n) is 3.34. The molecule has 4 heterocycles. The lowest BCUT2D eigenvalue weighted by Crippen LogP contribution is -2.11. The van der Waals surface area contributed by atoms with Gasteiger partial charge in [0.1, 0.15) is 5.69 Å². The average molecular weight is 392 g/mol. The first-order chi connectivity index (χ1) is 13.8. The molecule has 0 aliphatic carbocycles. The van der Waals surface area contributed by atoms with E-state index < -0.39 is 5.95 Å². The van der Waals surface area contributed by atoms with Crippen LogP contribution in [0.4, 0.5) is 4.39 Å². The van der Waals surface area contributed by atoms with Crippen molar-refractivity contribution in [2.45, 2.75) is 52.5 Å². The summed E-state index contributed by atoms with van der Waals surface area (Å²) in [4.78, 5) is 13.1. The molecule has 0 fully saturated rings. The third-order valence-corrected chi connectivity index (χ3v) is 4.88. The third-order valence-electron chi connectivity index (χ3n) is 4.88. The Labute approximate surface area is 169 Å². The van der Waals surface area contributed by atoms with E-state index in [9.17, 15) is 4.39 Å². The normalized spacial score (nSPS) is 12.0. The number of aryl methyl sites for hydroxylation is 1. The van der Waals surface area contributed by atoms with E-state index in [2.05, 4.69) is 43.7 Å². The molecule has 0 saturated carbocycles. The number of imidazole rings is 2. The average Bonchev–Trinajstić information content (AvgIpc) is 3.28. The van der Waals surface area contributed by atoms with Gasteiger partial charge in [-0.15, -0.1) is 0 Å². The summed E-state index contributed by atoms with van der Waals surface area (Å²) >= 11 is 0. The van der Waals surface area contributed by atoms with E-state index in [1.165, 1.54) is 6.07 Å². The van der Waals surface area contributed by atoms with Gasteiger partial charge in [0.2, 0.25) is 5.95 Å². The lowest BCUT2D eigenvalue weighted by molar-refractivity contribution is 0.572. The third kappa shape index (κ3) is 3.90. The highest BCUT2D eigenvalue weighted by atomic mass is 19.1. The van der Waals surface area contributed by atoms with Crippen molar-refractivity contribution in [1.82, 2.24) is 29.1 Å². The van der Waals surface area contributed by atoms with Crippen LogP contribution in [0.25, 0.3) is 17.2 Å². The number of aromatic nitrogens is 6. The zero-order chi connectivity index (χ0) is 20.6. The Morgan fingerprint density at radius 1 is 1.14 bits per heavy atom. The van der Waals surface area contributed by atoms with Gasteiger partial charge >= 0.3 is 0 Å². The van der Waals surface area contributed by atoms with E-state index in [1.807, 2.05) is 21.5 Å². The molecule has 0 radical (unpaired) electrons. The summed E-state index contributed by atoms with van der Waals surface area (Å²) in [6.07, 6.45) is 7.50. The molecule has 0 aliphatic heterocycles. The van der Waals surface area contributed by atoms with E-state index in [-0.39, 0.29) is 5.41 Å². The quantitative estimate of drug-likeness (QED) is 0.472. The molecule has 4 aromatic heterocycles. The number of halogens is 1. The van der Waals surface area contributed by atoms with Gasteiger partial charge in [-0.25, -0.2) is 19.5 Å². The predicted octanol–water partition coefficient (Wildman–Crippen LogP) is 4.43. The summed E-state index contributed by atoms with van der Waals surface area (Å²) in [5.74, 6) is 0.103. The van der Waals surface area contributed by atoms with Crippen molar-refractivity contribution in [2.24, 2.45) is 0 Å². The van der Waals surface area contributed by atoms with Crippen LogP contribution in [0.5, 0.6) is 0 Å². The van der Waals surface area contributed by atoms with Crippen molar-refractivity contribution in [1.29, 1.82) is 0 Å². The molecule has 150 valence electrons. The van der Waals surface area contributed by atoms with Crippen LogP contribution in [-0.2, 0) is 18.4 Å². The van der Waals surface area contributed by atoms with E-state index in [1.54, 1.807) is 18.3 Å². The van der Waals surface area contributed by atoms with Gasteiger partial charge < -0.3 is 4.57 Å². The summed E-state index contributed by atoms with van der Waals surface area (Å²) in [5.41, 5.74) is 4.45. The maximum Gasteiger partial charge on any atom is 0.213 e. The van der Waals surface area contributed by atoms with Gasteiger partial charge in [0, 0.05) is 17.8 Å². The first-order valence-corrected chi connectivity index (χ1v) is 9.88. The molecule has 0 amide bonds. The molecule has 4 aromatic rings. The SMILES string of the molecule is CCCc1cc2nc(C(C)(C)C)cn2nc1Cn1ccnc1-c1cccc(F)n1. The molecule has 0 atom stereocenters. The van der Waals surface area contributed by atoms with Crippen molar-refractivity contribution >= 4 is 5.65 Å². The van der Waals surface area contributed by atoms with E-state index in [0.717, 1.165) is 35.4 Å². The number of fused-ring (bicyclic) bond motifs is 1. The van der Waals surface area contributed by atoms with Crippen molar-refractivity contribution in [2.75, 3.05) is 0 Å². The van der Waals surface area contributed by atoms with Gasteiger partial charge in [-0.05, 0) is 30.2 Å². The Balaban J connectivity index is 1.76. The number of rotatable bonds is 5. The predicted molar refractivity (Wildman–Crippen MR) is 110 cm³/mol. The van der Waals surface area contributed by atoms with Crippen LogP contribution >= 0.6 is 0 Å². The lowest BCUT2D eigenvalue weighted by Gasteiger charge is -2.13. The van der Waals surface area contributed by atoms with Crippen LogP contribution in [-0.4, -0.2) is 29.1 Å². The molecule has 0 unspecified atom stereocenters. The Bertz CT molecular complexity index is 1150. The minimum atomic E-state index is -0.517. The van der Waals surface area contributed by atoms with E-state index in [4.69, 9.17) is 10.1 Å². The number of pyridine rings is 1. The van der Waals surface area contributed by atoms with Crippen LogP contribution < -0.4 is 0 Å². The van der Waals surface area contributed by atoms with Crippen LogP contribution in [0.1, 0.15) is 51.1 Å². The number of hydrogen-bond donors (Lipinski definition) is 0. The Hall–Kier alpha value is -3.09. The summed E-state index contributed by atoms with van der Waals surface area (Å²) in [6, 6.07) is 6.86. The van der Waals surface area contributed by atoms with Crippen LogP contribution in [0.3, 0.4) is 0 Å². The molecular formula is C22H25FN6. The molecule has 7 heteroatoms. The van der Waals surface area contributed by atoms with Crippen LogP contribution in [0.15, 0.2) is 42.9 Å². The summed E-state index contributed by atoms with van der Waals surface area (Å²) in [5, 5.41) is 4.87. The van der Waals surface area contributed by atoms with E-state index in [0.29, 0.717) is 18.1 Å². The number of hydrogen-bond acceptors (Lipinski definition) is 4. The highest BCUT2D eigenvalue weighted by Crippen LogP contribution is 2.23. The Morgan fingerprint density at radius 3 is 2.69 bits per heavy atom. The van der Waals surface area contributed by atoms with Gasteiger partial charge in [-0.3, -0.25) is 0 Å². The minimum absolute atomic E-state index is 0.0423. The zero-order valence-electron chi connectivity index (χ0n) is 17.2. The topological polar surface area (TPSA) is 60.9 Å². The monoisotopic (exact) mass is 392 g/mol. The molecule has 0 aromatic carbocycles. The second kappa shape index (κ2) is 7.39. The van der Waals surface area contributed by atoms with Gasteiger partial charge in [-0.1, -0.05) is 40.2 Å². The highest BCUT2D eigenvalue weighted by Gasteiger charge is 2.19. The molecule has 6 nitrogen and oxygen atoms in total. The molecule has 0 N–H and O–H groups in total. The first-order valence-electron chi connectivity index (χ1n) is 9.88. The maximum atomic E-state index is 13.6. The summed E-state index contributed by atoms with van der Waals surface area (Å²) < 4.78 is 17.4. The molecule has 4 rings (SSSR count). The lowest BCUT2D eigenvalue weighted by atomic mass is 9.93. The van der Waals surface area contributed by atoms with Crippen molar-refractivity contribution in [3.05, 3.63) is 65.8 Å².